The molecule has 0 spiro atoms. The Morgan fingerprint density at radius 3 is 2.48 bits per heavy atom. The molecule has 0 atom stereocenters. The van der Waals surface area contributed by atoms with Crippen molar-refractivity contribution in [3.05, 3.63) is 65.4 Å². The summed E-state index contributed by atoms with van der Waals surface area (Å²) in [6.45, 7) is 1.61. The van der Waals surface area contributed by atoms with Gasteiger partial charge >= 0.3 is 0 Å². The summed E-state index contributed by atoms with van der Waals surface area (Å²) in [6, 6.07) is 9.88. The summed E-state index contributed by atoms with van der Waals surface area (Å²) in [6.07, 6.45) is 1.53. The summed E-state index contributed by atoms with van der Waals surface area (Å²) < 4.78 is 12.5. The lowest BCUT2D eigenvalue weighted by atomic mass is 10.1. The monoisotopic (exact) mass is 396 g/mol. The standard InChI is InChI=1S/C20H20N4O5/c1-12(25)13-4-6-14(7-5-13)28-11-15-8-9-17(29-15)19(26)22-16-10-24(3)23-18(16)20(27)21-2/h4-10H,11H2,1-3H3,(H,21,27)(H,22,26). The Labute approximate surface area is 166 Å². The Hall–Kier alpha value is -3.88. The first-order valence-electron chi connectivity index (χ1n) is 8.77. The van der Waals surface area contributed by atoms with Crippen molar-refractivity contribution in [3.8, 4) is 5.75 Å². The van der Waals surface area contributed by atoms with Crippen molar-refractivity contribution in [2.24, 2.45) is 7.05 Å². The van der Waals surface area contributed by atoms with Gasteiger partial charge in [0.15, 0.2) is 17.2 Å². The molecule has 0 fully saturated rings. The quantitative estimate of drug-likeness (QED) is 0.593. The van der Waals surface area contributed by atoms with Crippen LogP contribution in [0, 0.1) is 0 Å². The van der Waals surface area contributed by atoms with Gasteiger partial charge in [-0.3, -0.25) is 19.1 Å². The minimum absolute atomic E-state index is 0.0218. The number of benzene rings is 1. The van der Waals surface area contributed by atoms with Crippen LogP contribution in [0.1, 0.15) is 44.1 Å². The number of carbonyl (C=O) groups excluding carboxylic acids is 3. The SMILES string of the molecule is CNC(=O)c1nn(C)cc1NC(=O)c1ccc(COc2ccc(C(C)=O)cc2)o1. The molecule has 0 saturated heterocycles. The summed E-state index contributed by atoms with van der Waals surface area (Å²) in [5.74, 6) is 0.144. The predicted octanol–water partition coefficient (Wildman–Crippen LogP) is 2.41. The first-order chi connectivity index (χ1) is 13.9. The van der Waals surface area contributed by atoms with Gasteiger partial charge in [-0.1, -0.05) is 0 Å². The molecule has 0 bridgehead atoms. The Balaban J connectivity index is 1.63. The molecule has 0 aliphatic carbocycles. The van der Waals surface area contributed by atoms with E-state index in [1.165, 1.54) is 30.9 Å². The van der Waals surface area contributed by atoms with Gasteiger partial charge in [0.25, 0.3) is 11.8 Å². The van der Waals surface area contributed by atoms with Gasteiger partial charge < -0.3 is 19.8 Å². The molecule has 9 nitrogen and oxygen atoms in total. The van der Waals surface area contributed by atoms with Crippen molar-refractivity contribution in [2.75, 3.05) is 12.4 Å². The number of hydrogen-bond donors (Lipinski definition) is 2. The minimum Gasteiger partial charge on any atom is -0.486 e. The molecule has 2 N–H and O–H groups in total. The highest BCUT2D eigenvalue weighted by atomic mass is 16.5. The number of nitrogens with zero attached hydrogens (tertiary/aromatic N) is 2. The number of ether oxygens (including phenoxy) is 1. The Morgan fingerprint density at radius 2 is 1.83 bits per heavy atom. The Morgan fingerprint density at radius 1 is 1.10 bits per heavy atom. The van der Waals surface area contributed by atoms with Crippen LogP contribution in [0.4, 0.5) is 5.69 Å². The van der Waals surface area contributed by atoms with Crippen molar-refractivity contribution in [3.63, 3.8) is 0 Å². The van der Waals surface area contributed by atoms with E-state index < -0.39 is 11.8 Å². The van der Waals surface area contributed by atoms with Crippen LogP contribution in [0.15, 0.2) is 47.0 Å². The molecule has 9 heteroatoms. The minimum atomic E-state index is -0.514. The van der Waals surface area contributed by atoms with Crippen molar-refractivity contribution in [1.29, 1.82) is 0 Å². The van der Waals surface area contributed by atoms with Crippen LogP contribution in [-0.4, -0.2) is 34.4 Å². The number of hydrogen-bond acceptors (Lipinski definition) is 6. The first-order valence-corrected chi connectivity index (χ1v) is 8.77. The lowest BCUT2D eigenvalue weighted by Crippen LogP contribution is -2.21. The second-order valence-corrected chi connectivity index (χ2v) is 6.23. The van der Waals surface area contributed by atoms with E-state index in [0.717, 1.165) is 0 Å². The van der Waals surface area contributed by atoms with Crippen molar-refractivity contribution in [1.82, 2.24) is 15.1 Å². The zero-order valence-electron chi connectivity index (χ0n) is 16.2. The van der Waals surface area contributed by atoms with Crippen LogP contribution in [-0.2, 0) is 13.7 Å². The van der Waals surface area contributed by atoms with Gasteiger partial charge in [0.05, 0.1) is 5.69 Å². The zero-order valence-corrected chi connectivity index (χ0v) is 16.2. The van der Waals surface area contributed by atoms with E-state index >= 15 is 0 Å². The summed E-state index contributed by atoms with van der Waals surface area (Å²) in [5, 5.41) is 9.12. The van der Waals surface area contributed by atoms with Crippen LogP contribution in [0.3, 0.4) is 0 Å². The van der Waals surface area contributed by atoms with E-state index in [4.69, 9.17) is 9.15 Å². The molecule has 2 amide bonds. The molecule has 2 heterocycles. The smallest absolute Gasteiger partial charge is 0.291 e. The molecule has 0 saturated carbocycles. The highest BCUT2D eigenvalue weighted by Gasteiger charge is 2.19. The number of aryl methyl sites for hydroxylation is 1. The van der Waals surface area contributed by atoms with E-state index in [9.17, 15) is 14.4 Å². The van der Waals surface area contributed by atoms with Gasteiger partial charge in [-0.05, 0) is 43.3 Å². The van der Waals surface area contributed by atoms with Gasteiger partial charge in [-0.15, -0.1) is 0 Å². The predicted molar refractivity (Wildman–Crippen MR) is 104 cm³/mol. The molecule has 3 aromatic rings. The molecule has 0 unspecified atom stereocenters. The average Bonchev–Trinajstić information content (AvgIpc) is 3.32. The normalized spacial score (nSPS) is 10.4. The van der Waals surface area contributed by atoms with Crippen LogP contribution in [0.5, 0.6) is 5.75 Å². The molecule has 150 valence electrons. The lowest BCUT2D eigenvalue weighted by molar-refractivity contribution is 0.0957. The molecular weight excluding hydrogens is 376 g/mol. The van der Waals surface area contributed by atoms with Crippen LogP contribution >= 0.6 is 0 Å². The molecule has 1 aromatic carbocycles. The number of rotatable bonds is 7. The maximum Gasteiger partial charge on any atom is 0.291 e. The van der Waals surface area contributed by atoms with Crippen molar-refractivity contribution >= 4 is 23.3 Å². The molecule has 0 aliphatic heterocycles. The fourth-order valence-electron chi connectivity index (χ4n) is 2.57. The molecular formula is C20H20N4O5. The third-order valence-electron chi connectivity index (χ3n) is 4.05. The lowest BCUT2D eigenvalue weighted by Gasteiger charge is -2.05. The van der Waals surface area contributed by atoms with Gasteiger partial charge in [-0.25, -0.2) is 0 Å². The van der Waals surface area contributed by atoms with Gasteiger partial charge in [-0.2, -0.15) is 5.10 Å². The maximum absolute atomic E-state index is 12.4. The summed E-state index contributed by atoms with van der Waals surface area (Å²) in [5.41, 5.74) is 0.977. The first kappa shape index (κ1) is 19.9. The molecule has 0 radical (unpaired) electrons. The molecule has 0 aliphatic rings. The third-order valence-corrected chi connectivity index (χ3v) is 4.05. The number of anilines is 1. The van der Waals surface area contributed by atoms with Gasteiger partial charge in [0.2, 0.25) is 0 Å². The second kappa shape index (κ2) is 8.42. The van der Waals surface area contributed by atoms with E-state index in [1.54, 1.807) is 37.4 Å². The van der Waals surface area contributed by atoms with Crippen LogP contribution in [0.2, 0.25) is 0 Å². The largest absolute Gasteiger partial charge is 0.486 e. The van der Waals surface area contributed by atoms with Crippen LogP contribution < -0.4 is 15.4 Å². The van der Waals surface area contributed by atoms with E-state index in [1.807, 2.05) is 0 Å². The Bertz CT molecular complexity index is 1050. The molecule has 2 aromatic heterocycles. The maximum atomic E-state index is 12.4. The number of amides is 2. The topological polar surface area (TPSA) is 115 Å². The number of ketones is 1. The number of furan rings is 1. The number of nitrogens with one attached hydrogen (secondary N) is 2. The fourth-order valence-corrected chi connectivity index (χ4v) is 2.57. The molecule has 29 heavy (non-hydrogen) atoms. The highest BCUT2D eigenvalue weighted by molar-refractivity contribution is 6.06. The van der Waals surface area contributed by atoms with E-state index in [-0.39, 0.29) is 29.5 Å². The van der Waals surface area contributed by atoms with E-state index in [2.05, 4.69) is 15.7 Å². The second-order valence-electron chi connectivity index (χ2n) is 6.23. The molecule has 3 rings (SSSR count). The van der Waals surface area contributed by atoms with Gasteiger partial charge in [0.1, 0.15) is 18.1 Å². The zero-order chi connectivity index (χ0) is 21.0. The van der Waals surface area contributed by atoms with E-state index in [0.29, 0.717) is 17.1 Å². The number of Topliss-reactive ketones (excluding diaryl/α,β-unsaturated/α-hetero) is 1. The fraction of sp³-hybridized carbons (Fsp3) is 0.200. The Kier molecular flexibility index (Phi) is 5.77. The van der Waals surface area contributed by atoms with Crippen molar-refractivity contribution < 1.29 is 23.5 Å². The summed E-state index contributed by atoms with van der Waals surface area (Å²) in [7, 11) is 3.13. The number of carbonyl (C=O) groups is 3. The van der Waals surface area contributed by atoms with Crippen LogP contribution in [0.25, 0.3) is 0 Å². The highest BCUT2D eigenvalue weighted by Crippen LogP contribution is 2.18. The third kappa shape index (κ3) is 4.70. The van der Waals surface area contributed by atoms with Gasteiger partial charge in [0, 0.05) is 25.9 Å². The number of aromatic nitrogens is 2. The summed E-state index contributed by atoms with van der Waals surface area (Å²) >= 11 is 0. The average molecular weight is 396 g/mol. The summed E-state index contributed by atoms with van der Waals surface area (Å²) in [4.78, 5) is 35.6. The van der Waals surface area contributed by atoms with Crippen molar-refractivity contribution in [2.45, 2.75) is 13.5 Å².